The number of para-hydroxylation sites is 1. The molecule has 3 nitrogen and oxygen atoms in total. The Labute approximate surface area is 130 Å². The molecule has 0 atom stereocenters. The van der Waals surface area contributed by atoms with E-state index in [0.29, 0.717) is 12.1 Å². The highest BCUT2D eigenvalue weighted by Gasteiger charge is 2.12. The van der Waals surface area contributed by atoms with E-state index in [-0.39, 0.29) is 6.10 Å². The van der Waals surface area contributed by atoms with Crippen molar-refractivity contribution in [3.63, 3.8) is 0 Å². The normalized spacial score (nSPS) is 11.9. The van der Waals surface area contributed by atoms with Crippen LogP contribution in [-0.2, 0) is 6.54 Å². The van der Waals surface area contributed by atoms with Gasteiger partial charge in [0.05, 0.1) is 6.10 Å². The average Bonchev–Trinajstić information content (AvgIpc) is 2.38. The van der Waals surface area contributed by atoms with Gasteiger partial charge in [-0.3, -0.25) is 4.90 Å². The summed E-state index contributed by atoms with van der Waals surface area (Å²) >= 11 is 0. The van der Waals surface area contributed by atoms with Crippen LogP contribution in [0, 0.1) is 0 Å². The fraction of sp³-hybridized carbons (Fsp3) is 0.667. The standard InChI is InChI=1S/C18H32N2O/c1-14(2)20(15(3)4)12-11-19-13-17-9-7-8-10-18(17)21-16(5)6/h7-10,14-16,19H,11-13H2,1-6H3. The molecule has 0 radical (unpaired) electrons. The first-order chi connectivity index (χ1) is 9.91. The molecule has 0 unspecified atom stereocenters. The second kappa shape index (κ2) is 9.06. The lowest BCUT2D eigenvalue weighted by atomic mass is 10.2. The lowest BCUT2D eigenvalue weighted by molar-refractivity contribution is 0.175. The van der Waals surface area contributed by atoms with Crippen LogP contribution in [-0.4, -0.2) is 36.2 Å². The molecule has 0 heterocycles. The van der Waals surface area contributed by atoms with E-state index < -0.39 is 0 Å². The molecule has 1 N–H and O–H groups in total. The van der Waals surface area contributed by atoms with Gasteiger partial charge < -0.3 is 10.1 Å². The minimum Gasteiger partial charge on any atom is -0.491 e. The van der Waals surface area contributed by atoms with Gasteiger partial charge in [0, 0.05) is 37.3 Å². The van der Waals surface area contributed by atoms with Crippen LogP contribution in [0.25, 0.3) is 0 Å². The van der Waals surface area contributed by atoms with E-state index in [0.717, 1.165) is 25.4 Å². The lowest BCUT2D eigenvalue weighted by Gasteiger charge is -2.30. The maximum absolute atomic E-state index is 5.85. The Hall–Kier alpha value is -1.06. The maximum Gasteiger partial charge on any atom is 0.124 e. The number of nitrogens with zero attached hydrogens (tertiary/aromatic N) is 1. The minimum absolute atomic E-state index is 0.212. The molecule has 1 aromatic rings. The highest BCUT2D eigenvalue weighted by molar-refractivity contribution is 5.33. The van der Waals surface area contributed by atoms with Gasteiger partial charge in [0.2, 0.25) is 0 Å². The number of nitrogens with one attached hydrogen (secondary N) is 1. The quantitative estimate of drug-likeness (QED) is 0.703. The van der Waals surface area contributed by atoms with Crippen LogP contribution in [0.15, 0.2) is 24.3 Å². The summed E-state index contributed by atoms with van der Waals surface area (Å²) in [7, 11) is 0. The van der Waals surface area contributed by atoms with Gasteiger partial charge in [-0.05, 0) is 47.6 Å². The van der Waals surface area contributed by atoms with Crippen molar-refractivity contribution in [2.75, 3.05) is 13.1 Å². The topological polar surface area (TPSA) is 24.5 Å². The molecule has 0 bridgehead atoms. The third kappa shape index (κ3) is 6.49. The fourth-order valence-corrected chi connectivity index (χ4v) is 2.56. The number of hydrogen-bond donors (Lipinski definition) is 1. The maximum atomic E-state index is 5.85. The van der Waals surface area contributed by atoms with E-state index in [2.05, 4.69) is 63.9 Å². The molecule has 0 saturated heterocycles. The molecule has 120 valence electrons. The molecular formula is C18H32N2O. The summed E-state index contributed by atoms with van der Waals surface area (Å²) in [6.45, 7) is 16.1. The van der Waals surface area contributed by atoms with Crippen molar-refractivity contribution in [2.45, 2.75) is 66.3 Å². The Balaban J connectivity index is 2.45. The second-order valence-electron chi connectivity index (χ2n) is 6.38. The van der Waals surface area contributed by atoms with Crippen LogP contribution < -0.4 is 10.1 Å². The van der Waals surface area contributed by atoms with E-state index in [1.807, 2.05) is 12.1 Å². The Morgan fingerprint density at radius 3 is 2.19 bits per heavy atom. The first-order valence-corrected chi connectivity index (χ1v) is 8.12. The molecule has 0 spiro atoms. The average molecular weight is 292 g/mol. The summed E-state index contributed by atoms with van der Waals surface area (Å²) in [5, 5.41) is 3.53. The molecule has 1 rings (SSSR count). The first kappa shape index (κ1) is 18.0. The summed E-state index contributed by atoms with van der Waals surface area (Å²) in [4.78, 5) is 2.50. The predicted molar refractivity (Wildman–Crippen MR) is 90.9 cm³/mol. The molecule has 21 heavy (non-hydrogen) atoms. The van der Waals surface area contributed by atoms with E-state index in [1.54, 1.807) is 0 Å². The smallest absolute Gasteiger partial charge is 0.124 e. The van der Waals surface area contributed by atoms with Gasteiger partial charge in [-0.15, -0.1) is 0 Å². The Morgan fingerprint density at radius 2 is 1.62 bits per heavy atom. The van der Waals surface area contributed by atoms with Crippen molar-refractivity contribution in [1.29, 1.82) is 0 Å². The zero-order valence-electron chi connectivity index (χ0n) is 14.5. The molecule has 0 aromatic heterocycles. The monoisotopic (exact) mass is 292 g/mol. The Kier molecular flexibility index (Phi) is 7.76. The van der Waals surface area contributed by atoms with Crippen LogP contribution in [0.5, 0.6) is 5.75 Å². The van der Waals surface area contributed by atoms with Gasteiger partial charge in [0.15, 0.2) is 0 Å². The van der Waals surface area contributed by atoms with Crippen LogP contribution >= 0.6 is 0 Å². The molecule has 0 fully saturated rings. The molecule has 0 saturated carbocycles. The van der Waals surface area contributed by atoms with Crippen LogP contribution in [0.4, 0.5) is 0 Å². The van der Waals surface area contributed by atoms with Crippen molar-refractivity contribution < 1.29 is 4.74 Å². The van der Waals surface area contributed by atoms with Crippen molar-refractivity contribution in [1.82, 2.24) is 10.2 Å². The van der Waals surface area contributed by atoms with E-state index in [1.165, 1.54) is 5.56 Å². The van der Waals surface area contributed by atoms with Crippen LogP contribution in [0.3, 0.4) is 0 Å². The van der Waals surface area contributed by atoms with E-state index >= 15 is 0 Å². The summed E-state index contributed by atoms with van der Waals surface area (Å²) in [6.07, 6.45) is 0.212. The number of hydrogen-bond acceptors (Lipinski definition) is 3. The van der Waals surface area contributed by atoms with Crippen molar-refractivity contribution in [2.24, 2.45) is 0 Å². The highest BCUT2D eigenvalue weighted by Crippen LogP contribution is 2.19. The number of rotatable bonds is 9. The van der Waals surface area contributed by atoms with Crippen molar-refractivity contribution in [3.05, 3.63) is 29.8 Å². The third-order valence-electron chi connectivity index (χ3n) is 3.52. The van der Waals surface area contributed by atoms with Crippen LogP contribution in [0.2, 0.25) is 0 Å². The second-order valence-corrected chi connectivity index (χ2v) is 6.38. The SMILES string of the molecule is CC(C)Oc1ccccc1CNCCN(C(C)C)C(C)C. The lowest BCUT2D eigenvalue weighted by Crippen LogP contribution is -2.41. The largest absolute Gasteiger partial charge is 0.491 e. The number of ether oxygens (including phenoxy) is 1. The van der Waals surface area contributed by atoms with Crippen LogP contribution in [0.1, 0.15) is 47.1 Å². The zero-order valence-corrected chi connectivity index (χ0v) is 14.5. The van der Waals surface area contributed by atoms with Gasteiger partial charge in [-0.2, -0.15) is 0 Å². The summed E-state index contributed by atoms with van der Waals surface area (Å²) in [6, 6.07) is 9.45. The molecule has 0 aliphatic rings. The molecule has 1 aromatic carbocycles. The molecule has 3 heteroatoms. The van der Waals surface area contributed by atoms with Crippen molar-refractivity contribution in [3.8, 4) is 5.75 Å². The van der Waals surface area contributed by atoms with Gasteiger partial charge >= 0.3 is 0 Å². The number of benzene rings is 1. The highest BCUT2D eigenvalue weighted by atomic mass is 16.5. The third-order valence-corrected chi connectivity index (χ3v) is 3.52. The fourth-order valence-electron chi connectivity index (χ4n) is 2.56. The summed E-state index contributed by atoms with van der Waals surface area (Å²) < 4.78 is 5.85. The van der Waals surface area contributed by atoms with Gasteiger partial charge in [0.25, 0.3) is 0 Å². The summed E-state index contributed by atoms with van der Waals surface area (Å²) in [5.41, 5.74) is 1.23. The molecule has 0 amide bonds. The molecule has 0 aliphatic heterocycles. The van der Waals surface area contributed by atoms with E-state index in [4.69, 9.17) is 4.74 Å². The first-order valence-electron chi connectivity index (χ1n) is 8.12. The zero-order chi connectivity index (χ0) is 15.8. The Morgan fingerprint density at radius 1 is 1.00 bits per heavy atom. The minimum atomic E-state index is 0.212. The van der Waals surface area contributed by atoms with Gasteiger partial charge in [-0.1, -0.05) is 18.2 Å². The van der Waals surface area contributed by atoms with E-state index in [9.17, 15) is 0 Å². The van der Waals surface area contributed by atoms with Crippen molar-refractivity contribution >= 4 is 0 Å². The summed E-state index contributed by atoms with van der Waals surface area (Å²) in [5.74, 6) is 0.990. The molecule has 0 aliphatic carbocycles. The Bertz CT molecular complexity index is 394. The van der Waals surface area contributed by atoms with Gasteiger partial charge in [-0.25, -0.2) is 0 Å². The van der Waals surface area contributed by atoms with Gasteiger partial charge in [0.1, 0.15) is 5.75 Å². The predicted octanol–water partition coefficient (Wildman–Crippen LogP) is 3.68. The molecular weight excluding hydrogens is 260 g/mol.